The molecule has 0 aromatic heterocycles. The summed E-state index contributed by atoms with van der Waals surface area (Å²) in [6.45, 7) is 7.05. The van der Waals surface area contributed by atoms with Crippen molar-refractivity contribution < 1.29 is 19.0 Å². The molecule has 5 heteroatoms. The zero-order valence-corrected chi connectivity index (χ0v) is 20.0. The molecule has 2 aliphatic carbocycles. The predicted octanol–water partition coefficient (Wildman–Crippen LogP) is 5.01. The number of hydrogen-bond acceptors (Lipinski definition) is 5. The van der Waals surface area contributed by atoms with E-state index in [0.717, 1.165) is 36.3 Å². The van der Waals surface area contributed by atoms with Crippen molar-refractivity contribution in [3.8, 4) is 17.2 Å². The number of ketones is 1. The number of carbonyl (C=O) groups excluding carboxylic acids is 1. The highest BCUT2D eigenvalue weighted by atomic mass is 16.5. The van der Waals surface area contributed by atoms with Crippen LogP contribution in [-0.2, 0) is 21.4 Å². The first-order chi connectivity index (χ1) is 15.9. The van der Waals surface area contributed by atoms with Gasteiger partial charge in [-0.3, -0.25) is 4.79 Å². The number of benzene rings is 2. The molecular weight excluding hydrogens is 414 g/mol. The van der Waals surface area contributed by atoms with Crippen molar-refractivity contribution in [1.29, 1.82) is 0 Å². The van der Waals surface area contributed by atoms with E-state index in [-0.39, 0.29) is 12.0 Å². The monoisotopic (exact) mass is 447 g/mol. The topological polar surface area (TPSA) is 48.0 Å². The highest BCUT2D eigenvalue weighted by Crippen LogP contribution is 2.63. The summed E-state index contributed by atoms with van der Waals surface area (Å²) in [7, 11) is 5.67. The largest absolute Gasteiger partial charge is 0.493 e. The molecule has 3 aliphatic rings. The average molecular weight is 448 g/mol. The van der Waals surface area contributed by atoms with Gasteiger partial charge in [0.25, 0.3) is 0 Å². The fourth-order valence-corrected chi connectivity index (χ4v) is 6.84. The van der Waals surface area contributed by atoms with Crippen LogP contribution in [0.4, 0.5) is 0 Å². The van der Waals surface area contributed by atoms with Crippen molar-refractivity contribution in [2.75, 3.05) is 27.8 Å². The molecule has 5 rings (SSSR count). The van der Waals surface area contributed by atoms with Gasteiger partial charge in [-0.25, -0.2) is 0 Å². The van der Waals surface area contributed by atoms with Gasteiger partial charge in [-0.1, -0.05) is 37.8 Å². The third kappa shape index (κ3) is 3.02. The molecule has 0 N–H and O–H groups in total. The number of Topliss-reactive ketones (excluding diaryl/α,β-unsaturated/α-hetero) is 1. The molecule has 33 heavy (non-hydrogen) atoms. The second kappa shape index (κ2) is 8.00. The van der Waals surface area contributed by atoms with Gasteiger partial charge in [0.15, 0.2) is 11.5 Å². The van der Waals surface area contributed by atoms with E-state index in [0.29, 0.717) is 30.1 Å². The van der Waals surface area contributed by atoms with Crippen LogP contribution in [0.1, 0.15) is 42.9 Å². The lowest BCUT2D eigenvalue weighted by Crippen LogP contribution is -2.74. The van der Waals surface area contributed by atoms with Crippen LogP contribution < -0.4 is 9.47 Å². The number of para-hydroxylation sites is 1. The Kier molecular flexibility index (Phi) is 5.37. The van der Waals surface area contributed by atoms with Crippen LogP contribution in [0, 0.1) is 5.92 Å². The van der Waals surface area contributed by atoms with Crippen LogP contribution in [0.25, 0.3) is 6.08 Å². The minimum atomic E-state index is -0.480. The first kappa shape index (κ1) is 22.2. The minimum absolute atomic E-state index is 0.0309. The molecule has 5 nitrogen and oxygen atoms in total. The van der Waals surface area contributed by atoms with Crippen LogP contribution in [0.5, 0.6) is 17.2 Å². The Balaban J connectivity index is 1.84. The molecule has 0 amide bonds. The van der Waals surface area contributed by atoms with Gasteiger partial charge < -0.3 is 19.1 Å². The second-order valence-corrected chi connectivity index (χ2v) is 9.84. The van der Waals surface area contributed by atoms with E-state index in [2.05, 4.69) is 18.5 Å². The number of rotatable bonds is 5. The zero-order valence-electron chi connectivity index (χ0n) is 20.0. The maximum Gasteiger partial charge on any atom is 0.173 e. The van der Waals surface area contributed by atoms with Gasteiger partial charge in [-0.2, -0.15) is 0 Å². The Morgan fingerprint density at radius 1 is 1.21 bits per heavy atom. The molecule has 1 heterocycles. The number of likely N-dealkylation sites (tertiary alicyclic amines) is 1. The van der Waals surface area contributed by atoms with E-state index in [1.807, 2.05) is 56.5 Å². The first-order valence-corrected chi connectivity index (χ1v) is 11.8. The van der Waals surface area contributed by atoms with E-state index in [4.69, 9.17) is 14.2 Å². The quantitative estimate of drug-likeness (QED) is 0.645. The number of carbonyl (C=O) groups is 1. The van der Waals surface area contributed by atoms with Crippen molar-refractivity contribution in [3.05, 3.63) is 59.7 Å². The SMILES string of the molecule is C=Cc1cc(OC)c(Oc2ccccc2)c2c1C[C@H]1N(C)CC[C@@]23CC(=O)C(C)C[C@@]13OC. The summed E-state index contributed by atoms with van der Waals surface area (Å²) in [5, 5.41) is 0. The molecule has 2 aromatic carbocycles. The number of methoxy groups -OCH3 is 2. The van der Waals surface area contributed by atoms with Crippen molar-refractivity contribution in [2.45, 2.75) is 49.7 Å². The van der Waals surface area contributed by atoms with Gasteiger partial charge in [0.2, 0.25) is 0 Å². The average Bonchev–Trinajstić information content (AvgIpc) is 2.82. The van der Waals surface area contributed by atoms with Gasteiger partial charge in [-0.05, 0) is 62.2 Å². The Morgan fingerprint density at radius 3 is 2.64 bits per heavy atom. The van der Waals surface area contributed by atoms with Gasteiger partial charge in [0.05, 0.1) is 12.7 Å². The third-order valence-electron chi connectivity index (χ3n) is 8.44. The van der Waals surface area contributed by atoms with E-state index in [1.165, 1.54) is 5.56 Å². The fourth-order valence-electron chi connectivity index (χ4n) is 6.84. The Hall–Kier alpha value is -2.63. The van der Waals surface area contributed by atoms with Crippen molar-refractivity contribution in [3.63, 3.8) is 0 Å². The highest BCUT2D eigenvalue weighted by molar-refractivity contribution is 5.85. The Bertz CT molecular complexity index is 1100. The van der Waals surface area contributed by atoms with Gasteiger partial charge >= 0.3 is 0 Å². The Labute approximate surface area is 196 Å². The first-order valence-electron chi connectivity index (χ1n) is 11.8. The molecule has 0 spiro atoms. The second-order valence-electron chi connectivity index (χ2n) is 9.84. The van der Waals surface area contributed by atoms with Crippen LogP contribution in [-0.4, -0.2) is 50.1 Å². The lowest BCUT2D eigenvalue weighted by atomic mass is 9.47. The third-order valence-corrected chi connectivity index (χ3v) is 8.44. The number of fused-ring (bicyclic) bond motifs is 1. The van der Waals surface area contributed by atoms with Crippen molar-refractivity contribution in [2.24, 2.45) is 5.92 Å². The van der Waals surface area contributed by atoms with Gasteiger partial charge in [0.1, 0.15) is 11.5 Å². The normalized spacial score (nSPS) is 30.8. The van der Waals surface area contributed by atoms with E-state index in [9.17, 15) is 4.79 Å². The lowest BCUT2D eigenvalue weighted by Gasteiger charge is -2.65. The van der Waals surface area contributed by atoms with Crippen molar-refractivity contribution >= 4 is 11.9 Å². The number of likely N-dealkylation sites (N-methyl/N-ethyl adjacent to an activating group) is 1. The van der Waals surface area contributed by atoms with E-state index < -0.39 is 11.0 Å². The van der Waals surface area contributed by atoms with Crippen LogP contribution in [0.3, 0.4) is 0 Å². The summed E-state index contributed by atoms with van der Waals surface area (Å²) in [5.41, 5.74) is 2.36. The molecule has 1 saturated carbocycles. The summed E-state index contributed by atoms with van der Waals surface area (Å²) in [6, 6.07) is 12.0. The van der Waals surface area contributed by atoms with E-state index in [1.54, 1.807) is 7.11 Å². The number of nitrogens with zero attached hydrogens (tertiary/aromatic N) is 1. The number of piperidine rings is 1. The lowest BCUT2D eigenvalue weighted by molar-refractivity contribution is -0.191. The smallest absolute Gasteiger partial charge is 0.173 e. The van der Waals surface area contributed by atoms with Crippen LogP contribution in [0.2, 0.25) is 0 Å². The van der Waals surface area contributed by atoms with Crippen LogP contribution in [0.15, 0.2) is 43.0 Å². The number of ether oxygens (including phenoxy) is 3. The molecule has 4 atom stereocenters. The molecule has 1 saturated heterocycles. The Morgan fingerprint density at radius 2 is 1.97 bits per heavy atom. The van der Waals surface area contributed by atoms with Gasteiger partial charge in [-0.15, -0.1) is 0 Å². The maximum atomic E-state index is 13.3. The number of hydrogen-bond donors (Lipinski definition) is 0. The molecular formula is C28H33NO4. The minimum Gasteiger partial charge on any atom is -0.493 e. The zero-order chi connectivity index (χ0) is 23.4. The summed E-state index contributed by atoms with van der Waals surface area (Å²) in [6.07, 6.45) is 4.70. The summed E-state index contributed by atoms with van der Waals surface area (Å²) < 4.78 is 19.0. The maximum absolute atomic E-state index is 13.3. The van der Waals surface area contributed by atoms with E-state index >= 15 is 0 Å². The highest BCUT2D eigenvalue weighted by Gasteiger charge is 2.67. The summed E-state index contributed by atoms with van der Waals surface area (Å²) in [4.78, 5) is 15.7. The molecule has 1 unspecified atom stereocenters. The molecule has 174 valence electrons. The predicted molar refractivity (Wildman–Crippen MR) is 129 cm³/mol. The van der Waals surface area contributed by atoms with Crippen molar-refractivity contribution in [1.82, 2.24) is 4.90 Å². The standard InChI is InChI=1S/C28H33NO4/c1-6-19-14-23(31-4)26(33-20-10-8-7-9-11-20)25-21(19)15-24-28(32-5)16-18(2)22(30)17-27(25,28)12-13-29(24)3/h6-11,14,18,24H,1,12-13,15-17H2,2-5H3/t18?,24-,27-,28-/m1/s1. The fraction of sp³-hybridized carbons (Fsp3) is 0.464. The molecule has 2 aromatic rings. The summed E-state index contributed by atoms with van der Waals surface area (Å²) in [5.74, 6) is 2.38. The molecule has 1 aliphatic heterocycles. The summed E-state index contributed by atoms with van der Waals surface area (Å²) >= 11 is 0. The molecule has 2 fully saturated rings. The van der Waals surface area contributed by atoms with Gasteiger partial charge in [0, 0.05) is 36.5 Å². The molecule has 2 bridgehead atoms. The molecule has 0 radical (unpaired) electrons. The van der Waals surface area contributed by atoms with Crippen LogP contribution >= 0.6 is 0 Å².